The number of hydrogen-bond acceptors (Lipinski definition) is 4. The van der Waals surface area contributed by atoms with Crippen LogP contribution in [0.1, 0.15) is 33.8 Å². The average molecular weight is 305 g/mol. The molecule has 0 saturated carbocycles. The molecule has 0 spiro atoms. The SMILES string of the molecule is CCOc1ccc(C(N)c2cc3c(s2)CCSC3)cc1. The van der Waals surface area contributed by atoms with Gasteiger partial charge in [-0.25, -0.2) is 0 Å². The van der Waals surface area contributed by atoms with Gasteiger partial charge in [0.2, 0.25) is 0 Å². The lowest BCUT2D eigenvalue weighted by Crippen LogP contribution is -2.10. The first-order valence-electron chi connectivity index (χ1n) is 6.95. The lowest BCUT2D eigenvalue weighted by molar-refractivity contribution is 0.340. The third kappa shape index (κ3) is 2.87. The number of fused-ring (bicyclic) bond motifs is 1. The van der Waals surface area contributed by atoms with Crippen LogP contribution < -0.4 is 10.5 Å². The highest BCUT2D eigenvalue weighted by molar-refractivity contribution is 7.98. The summed E-state index contributed by atoms with van der Waals surface area (Å²) >= 11 is 3.90. The van der Waals surface area contributed by atoms with Crippen LogP contribution >= 0.6 is 23.1 Å². The van der Waals surface area contributed by atoms with Crippen molar-refractivity contribution in [3.05, 3.63) is 51.2 Å². The summed E-state index contributed by atoms with van der Waals surface area (Å²) in [5.74, 6) is 3.29. The van der Waals surface area contributed by atoms with Gasteiger partial charge in [0, 0.05) is 15.5 Å². The Morgan fingerprint density at radius 2 is 2.10 bits per heavy atom. The molecule has 20 heavy (non-hydrogen) atoms. The van der Waals surface area contributed by atoms with Crippen LogP contribution in [0.4, 0.5) is 0 Å². The Morgan fingerprint density at radius 3 is 2.80 bits per heavy atom. The van der Waals surface area contributed by atoms with Crippen molar-refractivity contribution in [2.45, 2.75) is 25.1 Å². The van der Waals surface area contributed by atoms with E-state index in [0.717, 1.165) is 17.1 Å². The van der Waals surface area contributed by atoms with E-state index < -0.39 is 0 Å². The average Bonchev–Trinajstić information content (AvgIpc) is 2.91. The van der Waals surface area contributed by atoms with Crippen LogP contribution in [0, 0.1) is 0 Å². The number of aryl methyl sites for hydroxylation is 1. The number of ether oxygens (including phenoxy) is 1. The smallest absolute Gasteiger partial charge is 0.119 e. The van der Waals surface area contributed by atoms with Gasteiger partial charge in [-0.2, -0.15) is 11.8 Å². The number of rotatable bonds is 4. The van der Waals surface area contributed by atoms with Gasteiger partial charge in [0.25, 0.3) is 0 Å². The number of nitrogens with two attached hydrogens (primary N) is 1. The lowest BCUT2D eigenvalue weighted by atomic mass is 10.1. The minimum Gasteiger partial charge on any atom is -0.494 e. The van der Waals surface area contributed by atoms with Crippen LogP contribution in [0.15, 0.2) is 30.3 Å². The first kappa shape index (κ1) is 14.0. The van der Waals surface area contributed by atoms with Gasteiger partial charge >= 0.3 is 0 Å². The fourth-order valence-corrected chi connectivity index (χ4v) is 4.83. The maximum Gasteiger partial charge on any atom is 0.119 e. The number of hydrogen-bond donors (Lipinski definition) is 1. The molecule has 106 valence electrons. The van der Waals surface area contributed by atoms with Gasteiger partial charge in [-0.1, -0.05) is 12.1 Å². The van der Waals surface area contributed by atoms with Gasteiger partial charge in [0.1, 0.15) is 5.75 Å². The van der Waals surface area contributed by atoms with E-state index in [-0.39, 0.29) is 6.04 Å². The third-order valence-corrected chi connectivity index (χ3v) is 5.83. The summed E-state index contributed by atoms with van der Waals surface area (Å²) in [6, 6.07) is 10.4. The summed E-state index contributed by atoms with van der Waals surface area (Å²) in [7, 11) is 0. The standard InChI is InChI=1S/C16H19NOS2/c1-2-18-13-5-3-11(4-6-13)16(17)15-9-12-10-19-8-7-14(12)20-15/h3-6,9,16H,2,7-8,10,17H2,1H3. The molecule has 2 aromatic rings. The van der Waals surface area contributed by atoms with Gasteiger partial charge < -0.3 is 10.5 Å². The Hall–Kier alpha value is -0.970. The van der Waals surface area contributed by atoms with Crippen LogP contribution in [0.5, 0.6) is 5.75 Å². The Kier molecular flexibility index (Phi) is 4.34. The van der Waals surface area contributed by atoms with Crippen LogP contribution in [-0.2, 0) is 12.2 Å². The van der Waals surface area contributed by atoms with Gasteiger partial charge in [0.05, 0.1) is 12.6 Å². The van der Waals surface area contributed by atoms with Crippen molar-refractivity contribution >= 4 is 23.1 Å². The fourth-order valence-electron chi connectivity index (χ4n) is 2.43. The van der Waals surface area contributed by atoms with Crippen molar-refractivity contribution < 1.29 is 4.74 Å². The molecule has 1 unspecified atom stereocenters. The fraction of sp³-hybridized carbons (Fsp3) is 0.375. The summed E-state index contributed by atoms with van der Waals surface area (Å²) in [6.45, 7) is 2.69. The van der Waals surface area contributed by atoms with Gasteiger partial charge in [0.15, 0.2) is 0 Å². The van der Waals surface area contributed by atoms with Gasteiger partial charge in [-0.05, 0) is 48.4 Å². The van der Waals surface area contributed by atoms with Crippen molar-refractivity contribution in [3.8, 4) is 5.75 Å². The first-order chi connectivity index (χ1) is 9.78. The predicted octanol–water partition coefficient (Wildman–Crippen LogP) is 3.98. The molecule has 2 N–H and O–H groups in total. The molecule has 0 saturated heterocycles. The lowest BCUT2D eigenvalue weighted by Gasteiger charge is -2.11. The van der Waals surface area contributed by atoms with Crippen molar-refractivity contribution in [2.75, 3.05) is 12.4 Å². The normalized spacial score (nSPS) is 15.7. The van der Waals surface area contributed by atoms with E-state index in [9.17, 15) is 0 Å². The molecule has 4 heteroatoms. The Morgan fingerprint density at radius 1 is 1.30 bits per heavy atom. The molecule has 1 aliphatic rings. The first-order valence-corrected chi connectivity index (χ1v) is 8.92. The minimum absolute atomic E-state index is 0.0220. The van der Waals surface area contributed by atoms with Gasteiger partial charge in [-0.15, -0.1) is 11.3 Å². The number of benzene rings is 1. The minimum atomic E-state index is -0.0220. The highest BCUT2D eigenvalue weighted by Gasteiger charge is 2.18. The maximum atomic E-state index is 6.42. The molecule has 0 aliphatic carbocycles. The highest BCUT2D eigenvalue weighted by Crippen LogP contribution is 2.35. The second-order valence-corrected chi connectivity index (χ2v) is 7.15. The summed E-state index contributed by atoms with van der Waals surface area (Å²) in [4.78, 5) is 2.81. The molecular formula is C16H19NOS2. The summed E-state index contributed by atoms with van der Waals surface area (Å²) in [6.07, 6.45) is 1.20. The number of thioether (sulfide) groups is 1. The zero-order valence-corrected chi connectivity index (χ0v) is 13.2. The maximum absolute atomic E-state index is 6.42. The monoisotopic (exact) mass is 305 g/mol. The molecule has 3 rings (SSSR count). The Balaban J connectivity index is 1.80. The van der Waals surface area contributed by atoms with Crippen molar-refractivity contribution in [1.29, 1.82) is 0 Å². The largest absolute Gasteiger partial charge is 0.494 e. The van der Waals surface area contributed by atoms with E-state index in [4.69, 9.17) is 10.5 Å². The van der Waals surface area contributed by atoms with E-state index >= 15 is 0 Å². The van der Waals surface area contributed by atoms with Crippen LogP contribution in [-0.4, -0.2) is 12.4 Å². The van der Waals surface area contributed by atoms with E-state index in [1.54, 1.807) is 0 Å². The molecule has 1 aromatic carbocycles. The molecule has 0 fully saturated rings. The summed E-state index contributed by atoms with van der Waals surface area (Å²) in [5.41, 5.74) is 9.06. The van der Waals surface area contributed by atoms with Gasteiger partial charge in [-0.3, -0.25) is 0 Å². The van der Waals surface area contributed by atoms with E-state index in [1.807, 2.05) is 42.2 Å². The quantitative estimate of drug-likeness (QED) is 0.928. The molecule has 1 aromatic heterocycles. The molecule has 2 heterocycles. The van der Waals surface area contributed by atoms with Crippen molar-refractivity contribution in [1.82, 2.24) is 0 Å². The molecule has 1 atom stereocenters. The topological polar surface area (TPSA) is 35.2 Å². The molecular weight excluding hydrogens is 286 g/mol. The second-order valence-electron chi connectivity index (χ2n) is 4.88. The Bertz CT molecular complexity index is 553. The number of thiophene rings is 1. The van der Waals surface area contributed by atoms with Crippen molar-refractivity contribution in [2.24, 2.45) is 5.73 Å². The summed E-state index contributed by atoms with van der Waals surface area (Å²) in [5, 5.41) is 0. The molecule has 2 nitrogen and oxygen atoms in total. The van der Waals surface area contributed by atoms with E-state index in [1.165, 1.54) is 27.5 Å². The second kappa shape index (κ2) is 6.20. The Labute approximate surface area is 128 Å². The van der Waals surface area contributed by atoms with E-state index in [0.29, 0.717) is 6.61 Å². The molecule has 1 aliphatic heterocycles. The zero-order chi connectivity index (χ0) is 13.9. The highest BCUT2D eigenvalue weighted by atomic mass is 32.2. The zero-order valence-electron chi connectivity index (χ0n) is 11.6. The van der Waals surface area contributed by atoms with E-state index in [2.05, 4.69) is 18.2 Å². The van der Waals surface area contributed by atoms with Crippen LogP contribution in [0.3, 0.4) is 0 Å². The predicted molar refractivity (Wildman–Crippen MR) is 87.8 cm³/mol. The summed E-state index contributed by atoms with van der Waals surface area (Å²) < 4.78 is 5.47. The van der Waals surface area contributed by atoms with Crippen molar-refractivity contribution in [3.63, 3.8) is 0 Å². The van der Waals surface area contributed by atoms with Crippen LogP contribution in [0.25, 0.3) is 0 Å². The van der Waals surface area contributed by atoms with Crippen LogP contribution in [0.2, 0.25) is 0 Å². The third-order valence-electron chi connectivity index (χ3n) is 3.50. The molecule has 0 amide bonds. The molecule has 0 bridgehead atoms. The molecule has 0 radical (unpaired) electrons.